The SMILES string of the molecule is O=C(CCc1c[nH]c2ccccc12)N[C@]1(C(=O)O)CCSC1. The number of para-hydroxylation sites is 1. The highest BCUT2D eigenvalue weighted by Gasteiger charge is 2.43. The van der Waals surface area contributed by atoms with Crippen LogP contribution >= 0.6 is 11.8 Å². The van der Waals surface area contributed by atoms with E-state index < -0.39 is 11.5 Å². The molecule has 0 radical (unpaired) electrons. The number of aromatic nitrogens is 1. The Labute approximate surface area is 132 Å². The fraction of sp³-hybridized carbons (Fsp3) is 0.375. The van der Waals surface area contributed by atoms with Gasteiger partial charge in [-0.2, -0.15) is 11.8 Å². The highest BCUT2D eigenvalue weighted by Crippen LogP contribution is 2.28. The van der Waals surface area contributed by atoms with Crippen LogP contribution in [0.25, 0.3) is 10.9 Å². The van der Waals surface area contributed by atoms with Gasteiger partial charge >= 0.3 is 5.97 Å². The first-order valence-electron chi connectivity index (χ1n) is 7.28. The summed E-state index contributed by atoms with van der Waals surface area (Å²) in [7, 11) is 0. The van der Waals surface area contributed by atoms with Crippen LogP contribution in [-0.2, 0) is 16.0 Å². The average molecular weight is 318 g/mol. The lowest BCUT2D eigenvalue weighted by Gasteiger charge is -2.24. The lowest BCUT2D eigenvalue weighted by atomic mass is 9.98. The number of carbonyl (C=O) groups is 2. The van der Waals surface area contributed by atoms with Crippen molar-refractivity contribution in [1.29, 1.82) is 0 Å². The van der Waals surface area contributed by atoms with Crippen molar-refractivity contribution in [2.24, 2.45) is 0 Å². The molecule has 0 spiro atoms. The van der Waals surface area contributed by atoms with Gasteiger partial charge in [-0.25, -0.2) is 4.79 Å². The molecule has 22 heavy (non-hydrogen) atoms. The predicted octanol–water partition coefficient (Wildman–Crippen LogP) is 2.18. The lowest BCUT2D eigenvalue weighted by molar-refractivity contribution is -0.146. The second-order valence-corrected chi connectivity index (χ2v) is 6.70. The molecule has 0 saturated carbocycles. The van der Waals surface area contributed by atoms with Gasteiger partial charge in [0.05, 0.1) is 0 Å². The summed E-state index contributed by atoms with van der Waals surface area (Å²) in [4.78, 5) is 26.8. The van der Waals surface area contributed by atoms with Crippen molar-refractivity contribution in [3.05, 3.63) is 36.0 Å². The summed E-state index contributed by atoms with van der Waals surface area (Å²) in [5.74, 6) is 0.0871. The Kier molecular flexibility index (Phi) is 4.11. The second kappa shape index (κ2) is 6.04. The minimum atomic E-state index is -1.08. The number of amides is 1. The number of H-pyrrole nitrogens is 1. The number of aromatic amines is 1. The van der Waals surface area contributed by atoms with E-state index >= 15 is 0 Å². The predicted molar refractivity (Wildman–Crippen MR) is 87.1 cm³/mol. The zero-order valence-electron chi connectivity index (χ0n) is 12.1. The zero-order chi connectivity index (χ0) is 15.6. The fourth-order valence-corrected chi connectivity index (χ4v) is 4.13. The van der Waals surface area contributed by atoms with Crippen LogP contribution in [0.3, 0.4) is 0 Å². The van der Waals surface area contributed by atoms with E-state index in [4.69, 9.17) is 0 Å². The molecule has 6 heteroatoms. The quantitative estimate of drug-likeness (QED) is 0.789. The second-order valence-electron chi connectivity index (χ2n) is 5.60. The van der Waals surface area contributed by atoms with Crippen molar-refractivity contribution < 1.29 is 14.7 Å². The number of fused-ring (bicyclic) bond motifs is 1. The van der Waals surface area contributed by atoms with Crippen molar-refractivity contribution in [2.45, 2.75) is 24.8 Å². The van der Waals surface area contributed by atoms with Crippen LogP contribution in [0, 0.1) is 0 Å². The van der Waals surface area contributed by atoms with E-state index in [0.717, 1.165) is 22.2 Å². The van der Waals surface area contributed by atoms with E-state index in [-0.39, 0.29) is 5.91 Å². The molecular formula is C16H18N2O3S. The number of aryl methyl sites for hydroxylation is 1. The Morgan fingerprint density at radius 1 is 1.36 bits per heavy atom. The van der Waals surface area contributed by atoms with Gasteiger partial charge in [-0.15, -0.1) is 0 Å². The number of rotatable bonds is 5. The number of thioether (sulfide) groups is 1. The summed E-state index contributed by atoms with van der Waals surface area (Å²) < 4.78 is 0. The molecule has 3 N–H and O–H groups in total. The molecule has 2 heterocycles. The molecular weight excluding hydrogens is 300 g/mol. The largest absolute Gasteiger partial charge is 0.479 e. The molecule has 1 fully saturated rings. The molecule has 3 rings (SSSR count). The van der Waals surface area contributed by atoms with Crippen LogP contribution in [0.2, 0.25) is 0 Å². The Morgan fingerprint density at radius 3 is 2.91 bits per heavy atom. The fourth-order valence-electron chi connectivity index (χ4n) is 2.80. The average Bonchev–Trinajstić information content (AvgIpc) is 3.13. The molecule has 5 nitrogen and oxygen atoms in total. The maximum absolute atomic E-state index is 12.1. The van der Waals surface area contributed by atoms with Crippen LogP contribution in [0.4, 0.5) is 0 Å². The number of nitrogens with one attached hydrogen (secondary N) is 2. The van der Waals surface area contributed by atoms with Crippen LogP contribution in [0.15, 0.2) is 30.5 Å². The van der Waals surface area contributed by atoms with Crippen LogP contribution < -0.4 is 5.32 Å². The number of carboxylic acids is 1. The Morgan fingerprint density at radius 2 is 2.18 bits per heavy atom. The molecule has 1 amide bonds. The van der Waals surface area contributed by atoms with Crippen LogP contribution in [-0.4, -0.2) is 39.0 Å². The Balaban J connectivity index is 1.64. The molecule has 1 aromatic carbocycles. The number of aliphatic carboxylic acids is 1. The summed E-state index contributed by atoms with van der Waals surface area (Å²) in [6.45, 7) is 0. The zero-order valence-corrected chi connectivity index (χ0v) is 12.9. The molecule has 0 bridgehead atoms. The van der Waals surface area contributed by atoms with Gasteiger partial charge in [-0.05, 0) is 30.2 Å². The van der Waals surface area contributed by atoms with Gasteiger partial charge < -0.3 is 15.4 Å². The minimum Gasteiger partial charge on any atom is -0.479 e. The van der Waals surface area contributed by atoms with Crippen LogP contribution in [0.1, 0.15) is 18.4 Å². The van der Waals surface area contributed by atoms with E-state index in [1.54, 1.807) is 11.8 Å². The molecule has 1 aliphatic heterocycles. The summed E-state index contributed by atoms with van der Waals surface area (Å²) in [6, 6.07) is 7.94. The van der Waals surface area contributed by atoms with Gasteiger partial charge in [0, 0.05) is 29.3 Å². The maximum atomic E-state index is 12.1. The van der Waals surface area contributed by atoms with Gasteiger partial charge in [-0.3, -0.25) is 4.79 Å². The van der Waals surface area contributed by atoms with Gasteiger partial charge in [0.2, 0.25) is 5.91 Å². The third kappa shape index (κ3) is 2.83. The molecule has 1 aromatic heterocycles. The van der Waals surface area contributed by atoms with Gasteiger partial charge in [0.1, 0.15) is 5.54 Å². The molecule has 0 unspecified atom stereocenters. The van der Waals surface area contributed by atoms with E-state index in [1.807, 2.05) is 30.5 Å². The number of carboxylic acid groups (broad SMARTS) is 1. The Hall–Kier alpha value is -1.95. The van der Waals surface area contributed by atoms with E-state index in [0.29, 0.717) is 25.0 Å². The van der Waals surface area contributed by atoms with Crippen molar-refractivity contribution in [3.63, 3.8) is 0 Å². The van der Waals surface area contributed by atoms with Gasteiger partial charge in [-0.1, -0.05) is 18.2 Å². The summed E-state index contributed by atoms with van der Waals surface area (Å²) >= 11 is 1.57. The normalized spacial score (nSPS) is 21.1. The van der Waals surface area contributed by atoms with Crippen LogP contribution in [0.5, 0.6) is 0 Å². The van der Waals surface area contributed by atoms with Gasteiger partial charge in [0.25, 0.3) is 0 Å². The standard InChI is InChI=1S/C16H18N2O3S/c19-14(18-16(15(20)21)7-8-22-10-16)6-5-11-9-17-13-4-2-1-3-12(11)13/h1-4,9,17H,5-8,10H2,(H,18,19)(H,20,21)/t16-/m1/s1. The summed E-state index contributed by atoms with van der Waals surface area (Å²) in [5.41, 5.74) is 1.05. The first kappa shape index (κ1) is 15.0. The molecule has 116 valence electrons. The van der Waals surface area contributed by atoms with Crippen molar-refractivity contribution in [3.8, 4) is 0 Å². The van der Waals surface area contributed by atoms with Crippen molar-refractivity contribution in [2.75, 3.05) is 11.5 Å². The topological polar surface area (TPSA) is 82.2 Å². The van der Waals surface area contributed by atoms with Crippen molar-refractivity contribution >= 4 is 34.5 Å². The monoisotopic (exact) mass is 318 g/mol. The van der Waals surface area contributed by atoms with Gasteiger partial charge in [0.15, 0.2) is 0 Å². The Bertz CT molecular complexity index is 704. The molecule has 2 aromatic rings. The summed E-state index contributed by atoms with van der Waals surface area (Å²) in [5, 5.41) is 13.2. The number of benzene rings is 1. The molecule has 0 aliphatic carbocycles. The smallest absolute Gasteiger partial charge is 0.330 e. The molecule has 1 saturated heterocycles. The summed E-state index contributed by atoms with van der Waals surface area (Å²) in [6.07, 6.45) is 3.29. The van der Waals surface area contributed by atoms with E-state index in [1.165, 1.54) is 0 Å². The molecule has 1 aliphatic rings. The highest BCUT2D eigenvalue weighted by atomic mass is 32.2. The lowest BCUT2D eigenvalue weighted by Crippen LogP contribution is -2.54. The first-order valence-corrected chi connectivity index (χ1v) is 8.43. The third-order valence-electron chi connectivity index (χ3n) is 4.11. The highest BCUT2D eigenvalue weighted by molar-refractivity contribution is 7.99. The third-order valence-corrected chi connectivity index (χ3v) is 5.30. The first-order chi connectivity index (χ1) is 10.6. The van der Waals surface area contributed by atoms with E-state index in [9.17, 15) is 14.7 Å². The van der Waals surface area contributed by atoms with Crippen molar-refractivity contribution in [1.82, 2.24) is 10.3 Å². The molecule has 1 atom stereocenters. The number of hydrogen-bond donors (Lipinski definition) is 3. The van der Waals surface area contributed by atoms with E-state index in [2.05, 4.69) is 10.3 Å². The number of hydrogen-bond acceptors (Lipinski definition) is 3. The number of carbonyl (C=O) groups excluding carboxylic acids is 1. The maximum Gasteiger partial charge on any atom is 0.330 e. The minimum absolute atomic E-state index is 0.199.